The second kappa shape index (κ2) is 4.83. The standard InChI is InChI=1S/C13H13N3O2/c1-9-12(14-2)7-8-15-13(9)10-3-5-11(6-4-10)16(17)18/h3-8H,1-2H3,(H,14,15). The van der Waals surface area contributed by atoms with Crippen LogP contribution in [0, 0.1) is 17.0 Å². The minimum atomic E-state index is -0.409. The number of nitro benzene ring substituents is 1. The predicted molar refractivity (Wildman–Crippen MR) is 70.6 cm³/mol. The van der Waals surface area contributed by atoms with E-state index < -0.39 is 4.92 Å². The minimum absolute atomic E-state index is 0.0844. The van der Waals surface area contributed by atoms with E-state index in [4.69, 9.17) is 0 Å². The smallest absolute Gasteiger partial charge is 0.269 e. The Hall–Kier alpha value is -2.43. The molecule has 1 aromatic carbocycles. The van der Waals surface area contributed by atoms with Crippen molar-refractivity contribution in [3.8, 4) is 11.3 Å². The first kappa shape index (κ1) is 12.0. The molecule has 92 valence electrons. The molecule has 0 spiro atoms. The summed E-state index contributed by atoms with van der Waals surface area (Å²) in [6, 6.07) is 8.30. The maximum Gasteiger partial charge on any atom is 0.269 e. The van der Waals surface area contributed by atoms with Crippen LogP contribution in [0.4, 0.5) is 11.4 Å². The van der Waals surface area contributed by atoms with Crippen molar-refractivity contribution in [3.63, 3.8) is 0 Å². The van der Waals surface area contributed by atoms with Crippen molar-refractivity contribution in [2.24, 2.45) is 0 Å². The fourth-order valence-corrected chi connectivity index (χ4v) is 1.84. The molecule has 0 bridgehead atoms. The Labute approximate surface area is 105 Å². The first-order valence-electron chi connectivity index (χ1n) is 5.51. The van der Waals surface area contributed by atoms with Gasteiger partial charge in [0.2, 0.25) is 0 Å². The van der Waals surface area contributed by atoms with Gasteiger partial charge in [-0.25, -0.2) is 0 Å². The molecule has 2 aromatic rings. The van der Waals surface area contributed by atoms with Gasteiger partial charge in [-0.2, -0.15) is 0 Å². The molecule has 5 heteroatoms. The fourth-order valence-electron chi connectivity index (χ4n) is 1.84. The van der Waals surface area contributed by atoms with Crippen LogP contribution in [-0.4, -0.2) is 17.0 Å². The summed E-state index contributed by atoms with van der Waals surface area (Å²) in [6.07, 6.45) is 1.72. The Bertz CT molecular complexity index is 579. The Balaban J connectivity index is 2.46. The SMILES string of the molecule is CNc1ccnc(-c2ccc([N+](=O)[O-])cc2)c1C. The lowest BCUT2D eigenvalue weighted by molar-refractivity contribution is -0.384. The van der Waals surface area contributed by atoms with E-state index in [1.165, 1.54) is 12.1 Å². The average molecular weight is 243 g/mol. The number of non-ortho nitro benzene ring substituents is 1. The lowest BCUT2D eigenvalue weighted by atomic mass is 10.1. The maximum absolute atomic E-state index is 10.6. The number of hydrogen-bond acceptors (Lipinski definition) is 4. The zero-order valence-electron chi connectivity index (χ0n) is 10.2. The molecule has 0 aliphatic rings. The third-order valence-corrected chi connectivity index (χ3v) is 2.82. The van der Waals surface area contributed by atoms with Gasteiger partial charge in [0, 0.05) is 36.6 Å². The van der Waals surface area contributed by atoms with Gasteiger partial charge in [-0.15, -0.1) is 0 Å². The molecule has 0 atom stereocenters. The first-order chi connectivity index (χ1) is 8.63. The summed E-state index contributed by atoms with van der Waals surface area (Å²) >= 11 is 0. The molecule has 0 saturated heterocycles. The maximum atomic E-state index is 10.6. The Morgan fingerprint density at radius 1 is 1.22 bits per heavy atom. The summed E-state index contributed by atoms with van der Waals surface area (Å²) in [5, 5.41) is 13.7. The van der Waals surface area contributed by atoms with Gasteiger partial charge in [0.25, 0.3) is 5.69 Å². The molecule has 0 aliphatic heterocycles. The Morgan fingerprint density at radius 3 is 2.44 bits per heavy atom. The number of benzene rings is 1. The highest BCUT2D eigenvalue weighted by Crippen LogP contribution is 2.27. The van der Waals surface area contributed by atoms with Crippen molar-refractivity contribution in [2.45, 2.75) is 6.92 Å². The molecule has 0 fully saturated rings. The molecule has 0 saturated carbocycles. The molecule has 2 rings (SSSR count). The molecule has 1 aromatic heterocycles. The molecular weight excluding hydrogens is 230 g/mol. The topological polar surface area (TPSA) is 68.1 Å². The van der Waals surface area contributed by atoms with E-state index in [0.717, 1.165) is 22.5 Å². The highest BCUT2D eigenvalue weighted by molar-refractivity contribution is 5.70. The summed E-state index contributed by atoms with van der Waals surface area (Å²) in [5.74, 6) is 0. The molecule has 0 radical (unpaired) electrons. The van der Waals surface area contributed by atoms with Gasteiger partial charge >= 0.3 is 0 Å². The van der Waals surface area contributed by atoms with Crippen LogP contribution >= 0.6 is 0 Å². The monoisotopic (exact) mass is 243 g/mol. The van der Waals surface area contributed by atoms with Gasteiger partial charge in [-0.05, 0) is 30.7 Å². The van der Waals surface area contributed by atoms with Crippen molar-refractivity contribution in [1.29, 1.82) is 0 Å². The normalized spacial score (nSPS) is 10.1. The van der Waals surface area contributed by atoms with Crippen LogP contribution in [0.15, 0.2) is 36.5 Å². The Morgan fingerprint density at radius 2 is 1.89 bits per heavy atom. The summed E-state index contributed by atoms with van der Waals surface area (Å²) < 4.78 is 0. The lowest BCUT2D eigenvalue weighted by Crippen LogP contribution is -1.96. The second-order valence-corrected chi connectivity index (χ2v) is 3.89. The van der Waals surface area contributed by atoms with Crippen molar-refractivity contribution >= 4 is 11.4 Å². The van der Waals surface area contributed by atoms with Gasteiger partial charge in [0.1, 0.15) is 0 Å². The predicted octanol–water partition coefficient (Wildman–Crippen LogP) is 3.01. The van der Waals surface area contributed by atoms with Crippen molar-refractivity contribution < 1.29 is 4.92 Å². The van der Waals surface area contributed by atoms with E-state index >= 15 is 0 Å². The lowest BCUT2D eigenvalue weighted by Gasteiger charge is -2.09. The van der Waals surface area contributed by atoms with Crippen LogP contribution in [0.2, 0.25) is 0 Å². The van der Waals surface area contributed by atoms with Crippen molar-refractivity contribution in [3.05, 3.63) is 52.2 Å². The summed E-state index contributed by atoms with van der Waals surface area (Å²) in [5.41, 5.74) is 3.81. The zero-order valence-corrected chi connectivity index (χ0v) is 10.2. The zero-order chi connectivity index (χ0) is 13.1. The molecule has 0 aliphatic carbocycles. The van der Waals surface area contributed by atoms with Gasteiger partial charge in [0.05, 0.1) is 10.6 Å². The molecule has 5 nitrogen and oxygen atoms in total. The van der Waals surface area contributed by atoms with Crippen LogP contribution < -0.4 is 5.32 Å². The molecule has 0 unspecified atom stereocenters. The van der Waals surface area contributed by atoms with Crippen LogP contribution in [-0.2, 0) is 0 Å². The van der Waals surface area contributed by atoms with Crippen LogP contribution in [0.25, 0.3) is 11.3 Å². The first-order valence-corrected chi connectivity index (χ1v) is 5.51. The number of nitrogens with zero attached hydrogens (tertiary/aromatic N) is 2. The summed E-state index contributed by atoms with van der Waals surface area (Å²) in [7, 11) is 1.85. The van der Waals surface area contributed by atoms with Gasteiger partial charge < -0.3 is 5.32 Å². The number of pyridine rings is 1. The second-order valence-electron chi connectivity index (χ2n) is 3.89. The van der Waals surface area contributed by atoms with Crippen LogP contribution in [0.1, 0.15) is 5.56 Å². The van der Waals surface area contributed by atoms with Gasteiger partial charge in [-0.3, -0.25) is 15.1 Å². The van der Waals surface area contributed by atoms with E-state index in [9.17, 15) is 10.1 Å². The molecule has 0 amide bonds. The van der Waals surface area contributed by atoms with E-state index in [1.54, 1.807) is 18.3 Å². The molecule has 1 N–H and O–H groups in total. The largest absolute Gasteiger partial charge is 0.388 e. The molecule has 1 heterocycles. The van der Waals surface area contributed by atoms with Gasteiger partial charge in [0.15, 0.2) is 0 Å². The molecule has 18 heavy (non-hydrogen) atoms. The third kappa shape index (κ3) is 2.15. The van der Waals surface area contributed by atoms with Crippen LogP contribution in [0.3, 0.4) is 0 Å². The number of hydrogen-bond donors (Lipinski definition) is 1. The van der Waals surface area contributed by atoms with E-state index in [0.29, 0.717) is 0 Å². The number of nitrogens with one attached hydrogen (secondary N) is 1. The number of aromatic nitrogens is 1. The van der Waals surface area contributed by atoms with Crippen LogP contribution in [0.5, 0.6) is 0 Å². The summed E-state index contributed by atoms with van der Waals surface area (Å²) in [4.78, 5) is 14.5. The summed E-state index contributed by atoms with van der Waals surface area (Å²) in [6.45, 7) is 1.97. The molecular formula is C13H13N3O2. The number of anilines is 1. The quantitative estimate of drug-likeness (QED) is 0.664. The van der Waals surface area contributed by atoms with Gasteiger partial charge in [-0.1, -0.05) is 0 Å². The number of nitro groups is 1. The van der Waals surface area contributed by atoms with E-state index in [-0.39, 0.29) is 5.69 Å². The van der Waals surface area contributed by atoms with E-state index in [1.807, 2.05) is 20.0 Å². The number of rotatable bonds is 3. The Kier molecular flexibility index (Phi) is 3.23. The minimum Gasteiger partial charge on any atom is -0.388 e. The van der Waals surface area contributed by atoms with Crippen molar-refractivity contribution in [2.75, 3.05) is 12.4 Å². The highest BCUT2D eigenvalue weighted by Gasteiger charge is 2.09. The fraction of sp³-hybridized carbons (Fsp3) is 0.154. The average Bonchev–Trinajstić information content (AvgIpc) is 2.39. The third-order valence-electron chi connectivity index (χ3n) is 2.82. The highest BCUT2D eigenvalue weighted by atomic mass is 16.6. The van der Waals surface area contributed by atoms with Crippen molar-refractivity contribution in [1.82, 2.24) is 4.98 Å². The van der Waals surface area contributed by atoms with E-state index in [2.05, 4.69) is 10.3 Å².